The maximum atomic E-state index is 12.7. The van der Waals surface area contributed by atoms with Crippen LogP contribution in [0.15, 0.2) is 35.9 Å². The van der Waals surface area contributed by atoms with Gasteiger partial charge in [-0.05, 0) is 19.3 Å². The Morgan fingerprint density at radius 1 is 0.968 bits per heavy atom. The van der Waals surface area contributed by atoms with Crippen LogP contribution in [0.25, 0.3) is 11.5 Å². The lowest BCUT2D eigenvalue weighted by Crippen LogP contribution is -2.30. The van der Waals surface area contributed by atoms with Crippen LogP contribution in [-0.2, 0) is 6.18 Å². The molecule has 1 aliphatic rings. The summed E-state index contributed by atoms with van der Waals surface area (Å²) in [4.78, 5) is 26.4. The van der Waals surface area contributed by atoms with E-state index in [4.69, 9.17) is 0 Å². The maximum Gasteiger partial charge on any atom is 0.434 e. The number of hydrogen-bond acceptors (Lipinski definition) is 5. The number of H-pyrrole nitrogens is 1. The summed E-state index contributed by atoms with van der Waals surface area (Å²) >= 11 is 0. The molecule has 3 aromatic heterocycles. The first kappa shape index (κ1) is 24.2. The summed E-state index contributed by atoms with van der Waals surface area (Å²) in [7, 11) is 0. The van der Waals surface area contributed by atoms with Crippen LogP contribution in [0.1, 0.15) is 52.7 Å². The Morgan fingerprint density at radius 2 is 1.61 bits per heavy atom. The van der Waals surface area contributed by atoms with Gasteiger partial charge in [0.15, 0.2) is 11.5 Å². The number of aromatic nitrogens is 6. The van der Waals surface area contributed by atoms with Crippen LogP contribution >= 0.6 is 0 Å². The van der Waals surface area contributed by atoms with Crippen molar-refractivity contribution in [2.75, 3.05) is 18.0 Å². The van der Waals surface area contributed by atoms with Gasteiger partial charge in [-0.25, -0.2) is 15.0 Å². The Bertz CT molecular complexity index is 1000. The van der Waals surface area contributed by atoms with Gasteiger partial charge in [-0.3, -0.25) is 14.5 Å². The van der Waals surface area contributed by atoms with E-state index in [0.29, 0.717) is 11.6 Å². The minimum absolute atomic E-state index is 0.0103. The highest BCUT2D eigenvalue weighted by Crippen LogP contribution is 2.27. The van der Waals surface area contributed by atoms with Crippen molar-refractivity contribution in [2.24, 2.45) is 0 Å². The Balaban J connectivity index is 0.000000807. The molecule has 1 aliphatic heterocycles. The molecule has 0 aliphatic carbocycles. The lowest BCUT2D eigenvalue weighted by Gasteiger charge is -2.27. The second-order valence-electron chi connectivity index (χ2n) is 6.25. The van der Waals surface area contributed by atoms with Crippen LogP contribution < -0.4 is 10.5 Å². The third kappa shape index (κ3) is 5.53. The van der Waals surface area contributed by atoms with Gasteiger partial charge in [0.05, 0.1) is 0 Å². The molecule has 0 aromatic carbocycles. The summed E-state index contributed by atoms with van der Waals surface area (Å²) in [5, 5.41) is 2.73. The Labute approximate surface area is 178 Å². The summed E-state index contributed by atoms with van der Waals surface area (Å²) in [6.45, 7) is 9.77. The minimum atomic E-state index is -4.57. The molecule has 31 heavy (non-hydrogen) atoms. The third-order valence-electron chi connectivity index (χ3n) is 4.45. The molecule has 0 saturated carbocycles. The Morgan fingerprint density at radius 3 is 2.23 bits per heavy atom. The standard InChI is InChI=1S/C16H16F3N7O.2C2H6/c17-16(18,19)12-8-25(10-22-12)11-7-23-26(15(11)27)14-6-13(20-9-21-14)24-4-2-1-3-5-24;2*1-2/h6-10,23H,1-5H2;2*1-2H3. The molecule has 1 saturated heterocycles. The van der Waals surface area contributed by atoms with Crippen molar-refractivity contribution in [2.45, 2.75) is 53.1 Å². The number of hydrogen-bond donors (Lipinski definition) is 1. The molecule has 1 fully saturated rings. The zero-order chi connectivity index (χ0) is 23.0. The van der Waals surface area contributed by atoms with Crippen LogP contribution in [-0.4, -0.2) is 42.4 Å². The van der Waals surface area contributed by atoms with E-state index in [1.807, 2.05) is 27.7 Å². The summed E-state index contributed by atoms with van der Waals surface area (Å²) in [5.74, 6) is 1.03. The van der Waals surface area contributed by atoms with Gasteiger partial charge in [0.2, 0.25) is 0 Å². The van der Waals surface area contributed by atoms with E-state index in [-0.39, 0.29) is 5.69 Å². The molecule has 3 aromatic rings. The number of aromatic amines is 1. The van der Waals surface area contributed by atoms with Gasteiger partial charge in [0.25, 0.3) is 5.56 Å². The molecule has 0 amide bonds. The zero-order valence-electron chi connectivity index (χ0n) is 18.1. The summed E-state index contributed by atoms with van der Waals surface area (Å²) in [5.41, 5.74) is -1.59. The second-order valence-corrected chi connectivity index (χ2v) is 6.25. The monoisotopic (exact) mass is 439 g/mol. The zero-order valence-corrected chi connectivity index (χ0v) is 18.1. The molecule has 170 valence electrons. The predicted octanol–water partition coefficient (Wildman–Crippen LogP) is 4.20. The minimum Gasteiger partial charge on any atom is -0.356 e. The molecule has 0 unspecified atom stereocenters. The van der Waals surface area contributed by atoms with E-state index in [1.54, 1.807) is 6.07 Å². The lowest BCUT2D eigenvalue weighted by atomic mass is 10.1. The van der Waals surface area contributed by atoms with Crippen LogP contribution in [0.2, 0.25) is 0 Å². The highest BCUT2D eigenvalue weighted by molar-refractivity contribution is 5.44. The highest BCUT2D eigenvalue weighted by atomic mass is 19.4. The second kappa shape index (κ2) is 10.8. The maximum absolute atomic E-state index is 12.7. The van der Waals surface area contributed by atoms with E-state index in [9.17, 15) is 18.0 Å². The smallest absolute Gasteiger partial charge is 0.356 e. The van der Waals surface area contributed by atoms with Crippen LogP contribution in [0.4, 0.5) is 19.0 Å². The first-order valence-electron chi connectivity index (χ1n) is 10.4. The van der Waals surface area contributed by atoms with E-state index in [0.717, 1.165) is 47.7 Å². The highest BCUT2D eigenvalue weighted by Gasteiger charge is 2.33. The summed E-state index contributed by atoms with van der Waals surface area (Å²) in [6.07, 6.45) is 3.17. The van der Waals surface area contributed by atoms with Crippen LogP contribution in [0.3, 0.4) is 0 Å². The first-order valence-corrected chi connectivity index (χ1v) is 10.4. The van der Waals surface area contributed by atoms with Gasteiger partial charge in [-0.15, -0.1) is 0 Å². The van der Waals surface area contributed by atoms with Crippen molar-refractivity contribution in [3.8, 4) is 11.5 Å². The van der Waals surface area contributed by atoms with Gasteiger partial charge >= 0.3 is 6.18 Å². The average molecular weight is 439 g/mol. The summed E-state index contributed by atoms with van der Waals surface area (Å²) in [6, 6.07) is 1.68. The third-order valence-corrected chi connectivity index (χ3v) is 4.45. The van der Waals surface area contributed by atoms with Crippen molar-refractivity contribution in [1.29, 1.82) is 0 Å². The Hall–Kier alpha value is -3.11. The predicted molar refractivity (Wildman–Crippen MR) is 113 cm³/mol. The fourth-order valence-corrected chi connectivity index (χ4v) is 3.07. The number of rotatable bonds is 3. The number of nitrogens with one attached hydrogen (secondary N) is 1. The van der Waals surface area contributed by atoms with E-state index in [1.165, 1.54) is 18.9 Å². The molecule has 4 rings (SSSR count). The number of nitrogens with zero attached hydrogens (tertiary/aromatic N) is 6. The first-order chi connectivity index (χ1) is 14.9. The van der Waals surface area contributed by atoms with E-state index in [2.05, 4.69) is 25.0 Å². The molecule has 1 N–H and O–H groups in total. The fourth-order valence-electron chi connectivity index (χ4n) is 3.07. The van der Waals surface area contributed by atoms with Gasteiger partial charge in [0.1, 0.15) is 24.2 Å². The number of piperidine rings is 1. The largest absolute Gasteiger partial charge is 0.434 e. The SMILES string of the molecule is CC.CC.O=c1c(-n2cnc(C(F)(F)F)c2)c[nH]n1-c1cc(N2CCCCC2)ncn1. The van der Waals surface area contributed by atoms with E-state index < -0.39 is 17.4 Å². The van der Waals surface area contributed by atoms with Gasteiger partial charge < -0.3 is 4.90 Å². The molecule has 0 spiro atoms. The van der Waals surface area contributed by atoms with Crippen molar-refractivity contribution in [3.63, 3.8) is 0 Å². The number of alkyl halides is 3. The number of anilines is 1. The molecule has 0 radical (unpaired) electrons. The Kier molecular flexibility index (Phi) is 8.40. The molecule has 4 heterocycles. The fraction of sp³-hybridized carbons (Fsp3) is 0.500. The van der Waals surface area contributed by atoms with Crippen LogP contribution in [0.5, 0.6) is 0 Å². The van der Waals surface area contributed by atoms with Gasteiger partial charge in [0, 0.05) is 31.5 Å². The topological polar surface area (TPSA) is 84.6 Å². The molecule has 0 atom stereocenters. The van der Waals surface area contributed by atoms with Crippen molar-refractivity contribution < 1.29 is 13.2 Å². The molecule has 11 heteroatoms. The average Bonchev–Trinajstić information content (AvgIpc) is 3.44. The van der Waals surface area contributed by atoms with Crippen LogP contribution in [0, 0.1) is 0 Å². The van der Waals surface area contributed by atoms with Crippen molar-refractivity contribution in [1.82, 2.24) is 29.3 Å². The number of halogens is 3. The molecule has 0 bridgehead atoms. The molecular weight excluding hydrogens is 411 g/mol. The lowest BCUT2D eigenvalue weighted by molar-refractivity contribution is -0.140. The normalized spacial score (nSPS) is 13.7. The molecule has 8 nitrogen and oxygen atoms in total. The van der Waals surface area contributed by atoms with Gasteiger partial charge in [-0.1, -0.05) is 27.7 Å². The molecular formula is C20H28F3N7O. The van der Waals surface area contributed by atoms with Crippen molar-refractivity contribution >= 4 is 5.82 Å². The number of imidazole rings is 1. The van der Waals surface area contributed by atoms with Gasteiger partial charge in [-0.2, -0.15) is 17.9 Å². The van der Waals surface area contributed by atoms with E-state index >= 15 is 0 Å². The quantitative estimate of drug-likeness (QED) is 0.661. The summed E-state index contributed by atoms with van der Waals surface area (Å²) < 4.78 is 40.4. The van der Waals surface area contributed by atoms with Crippen molar-refractivity contribution in [3.05, 3.63) is 47.2 Å².